The summed E-state index contributed by atoms with van der Waals surface area (Å²) < 4.78 is 36.4. The number of halogens is 3. The van der Waals surface area contributed by atoms with Crippen molar-refractivity contribution < 1.29 is 13.2 Å². The van der Waals surface area contributed by atoms with Gasteiger partial charge < -0.3 is 0 Å². The summed E-state index contributed by atoms with van der Waals surface area (Å²) in [5, 5.41) is 0. The molecular weight excluding hydrogens is 165 g/mol. The summed E-state index contributed by atoms with van der Waals surface area (Å²) in [6, 6.07) is 0. The summed E-state index contributed by atoms with van der Waals surface area (Å²) in [6.07, 6.45) is -1.19. The van der Waals surface area contributed by atoms with E-state index < -0.39 is 11.7 Å². The zero-order valence-corrected chi connectivity index (χ0v) is 7.07. The van der Waals surface area contributed by atoms with Gasteiger partial charge in [-0.2, -0.15) is 13.2 Å². The van der Waals surface area contributed by atoms with Gasteiger partial charge in [0.15, 0.2) is 0 Å². The molecular formula is C9H11F3. The molecule has 1 aliphatic rings. The molecule has 0 fully saturated rings. The monoisotopic (exact) mass is 176 g/mol. The van der Waals surface area contributed by atoms with Gasteiger partial charge in [0.2, 0.25) is 0 Å². The molecule has 0 radical (unpaired) electrons. The molecule has 0 amide bonds. The topological polar surface area (TPSA) is 0 Å². The Hall–Kier alpha value is -0.730. The minimum atomic E-state index is -4.18. The lowest BCUT2D eigenvalue weighted by Gasteiger charge is -2.18. The molecule has 0 aromatic carbocycles. The smallest absolute Gasteiger partial charge is 0.166 e. The first-order valence-electron chi connectivity index (χ1n) is 3.87. The molecule has 1 unspecified atom stereocenters. The molecule has 0 aromatic heterocycles. The second-order valence-electron chi connectivity index (χ2n) is 3.18. The molecule has 1 atom stereocenters. The van der Waals surface area contributed by atoms with E-state index in [1.54, 1.807) is 6.92 Å². The molecule has 0 spiro atoms. The number of hydrogen-bond acceptors (Lipinski definition) is 0. The van der Waals surface area contributed by atoms with E-state index in [2.05, 4.69) is 0 Å². The second-order valence-corrected chi connectivity index (χ2v) is 3.18. The van der Waals surface area contributed by atoms with Crippen molar-refractivity contribution in [3.8, 4) is 0 Å². The highest BCUT2D eigenvalue weighted by atomic mass is 19.4. The third-order valence-electron chi connectivity index (χ3n) is 2.18. The summed E-state index contributed by atoms with van der Waals surface area (Å²) in [5.41, 5.74) is 0.308. The van der Waals surface area contributed by atoms with Crippen molar-refractivity contribution in [2.24, 2.45) is 5.92 Å². The molecule has 3 heteroatoms. The van der Waals surface area contributed by atoms with Crippen molar-refractivity contribution in [1.82, 2.24) is 0 Å². The normalized spacial score (nSPS) is 24.9. The highest BCUT2D eigenvalue weighted by Gasteiger charge is 2.33. The molecule has 12 heavy (non-hydrogen) atoms. The van der Waals surface area contributed by atoms with Crippen LogP contribution in [0.15, 0.2) is 23.3 Å². The van der Waals surface area contributed by atoms with Gasteiger partial charge in [-0.3, -0.25) is 0 Å². The van der Waals surface area contributed by atoms with Gasteiger partial charge in [-0.05, 0) is 19.3 Å². The van der Waals surface area contributed by atoms with Crippen LogP contribution in [0.1, 0.15) is 20.3 Å². The average Bonchev–Trinajstić information content (AvgIpc) is 1.92. The molecule has 0 aliphatic heterocycles. The summed E-state index contributed by atoms with van der Waals surface area (Å²) in [4.78, 5) is 0. The van der Waals surface area contributed by atoms with Crippen LogP contribution in [-0.2, 0) is 0 Å². The summed E-state index contributed by atoms with van der Waals surface area (Å²) in [7, 11) is 0. The molecule has 0 nitrogen and oxygen atoms in total. The predicted molar refractivity (Wildman–Crippen MR) is 41.7 cm³/mol. The Bertz CT molecular complexity index is 233. The van der Waals surface area contributed by atoms with Crippen LogP contribution in [0.2, 0.25) is 0 Å². The van der Waals surface area contributed by atoms with Crippen LogP contribution in [0.4, 0.5) is 13.2 Å². The lowest BCUT2D eigenvalue weighted by molar-refractivity contribution is -0.0888. The second kappa shape index (κ2) is 2.96. The fourth-order valence-electron chi connectivity index (χ4n) is 1.13. The van der Waals surface area contributed by atoms with Crippen molar-refractivity contribution in [1.29, 1.82) is 0 Å². The van der Waals surface area contributed by atoms with Crippen LogP contribution in [0.25, 0.3) is 0 Å². The number of rotatable bonds is 0. The Labute approximate surface area is 69.8 Å². The maximum absolute atomic E-state index is 12.1. The van der Waals surface area contributed by atoms with E-state index in [1.165, 1.54) is 12.2 Å². The zero-order chi connectivity index (χ0) is 9.35. The highest BCUT2D eigenvalue weighted by molar-refractivity contribution is 5.31. The molecule has 1 rings (SSSR count). The maximum atomic E-state index is 12.1. The van der Waals surface area contributed by atoms with Gasteiger partial charge in [0, 0.05) is 0 Å². The van der Waals surface area contributed by atoms with Crippen LogP contribution in [0.3, 0.4) is 0 Å². The molecule has 0 saturated heterocycles. The molecule has 0 N–H and O–H groups in total. The van der Waals surface area contributed by atoms with Gasteiger partial charge >= 0.3 is 6.18 Å². The van der Waals surface area contributed by atoms with Gasteiger partial charge in [0.25, 0.3) is 0 Å². The summed E-state index contributed by atoms with van der Waals surface area (Å²) >= 11 is 0. The largest absolute Gasteiger partial charge is 0.416 e. The van der Waals surface area contributed by atoms with Crippen molar-refractivity contribution in [2.75, 3.05) is 0 Å². The molecule has 68 valence electrons. The van der Waals surface area contributed by atoms with E-state index in [-0.39, 0.29) is 5.92 Å². The average molecular weight is 176 g/mol. The first kappa shape index (κ1) is 9.36. The molecule has 1 aliphatic carbocycles. The van der Waals surface area contributed by atoms with Gasteiger partial charge in [0.1, 0.15) is 0 Å². The predicted octanol–water partition coefficient (Wildman–Crippen LogP) is 3.46. The SMILES string of the molecule is CC1=CC(C(F)(F)F)=CCC1C. The number of allylic oxidation sites excluding steroid dienone is 4. The van der Waals surface area contributed by atoms with Crippen LogP contribution in [0, 0.1) is 5.92 Å². The van der Waals surface area contributed by atoms with Crippen molar-refractivity contribution in [3.63, 3.8) is 0 Å². The Morgan fingerprint density at radius 3 is 2.42 bits per heavy atom. The lowest BCUT2D eigenvalue weighted by Crippen LogP contribution is -2.14. The minimum absolute atomic E-state index is 0.246. The third kappa shape index (κ3) is 1.90. The fourth-order valence-corrected chi connectivity index (χ4v) is 1.13. The molecule has 0 heterocycles. The van der Waals surface area contributed by atoms with Gasteiger partial charge in [-0.15, -0.1) is 0 Å². The molecule has 0 aromatic rings. The van der Waals surface area contributed by atoms with E-state index in [0.717, 1.165) is 5.57 Å². The van der Waals surface area contributed by atoms with Crippen molar-refractivity contribution >= 4 is 0 Å². The third-order valence-corrected chi connectivity index (χ3v) is 2.18. The first-order chi connectivity index (χ1) is 5.41. The van der Waals surface area contributed by atoms with E-state index in [1.807, 2.05) is 6.92 Å². The van der Waals surface area contributed by atoms with E-state index in [0.29, 0.717) is 6.42 Å². The van der Waals surface area contributed by atoms with Crippen molar-refractivity contribution in [3.05, 3.63) is 23.3 Å². The quantitative estimate of drug-likeness (QED) is 0.530. The fraction of sp³-hybridized carbons (Fsp3) is 0.556. The van der Waals surface area contributed by atoms with Gasteiger partial charge in [-0.25, -0.2) is 0 Å². The number of hydrogen-bond donors (Lipinski definition) is 0. The van der Waals surface area contributed by atoms with E-state index in [9.17, 15) is 13.2 Å². The van der Waals surface area contributed by atoms with Gasteiger partial charge in [-0.1, -0.05) is 24.6 Å². The highest BCUT2D eigenvalue weighted by Crippen LogP contribution is 2.33. The first-order valence-corrected chi connectivity index (χ1v) is 3.87. The van der Waals surface area contributed by atoms with Crippen LogP contribution in [0.5, 0.6) is 0 Å². The number of alkyl halides is 3. The maximum Gasteiger partial charge on any atom is 0.416 e. The molecule has 0 bridgehead atoms. The minimum Gasteiger partial charge on any atom is -0.166 e. The Kier molecular flexibility index (Phi) is 2.31. The van der Waals surface area contributed by atoms with E-state index >= 15 is 0 Å². The Morgan fingerprint density at radius 1 is 1.42 bits per heavy atom. The molecule has 0 saturated carbocycles. The standard InChI is InChI=1S/C9H11F3/c1-6-3-4-8(5-7(6)2)9(10,11)12/h4-6H,3H2,1-2H3. The van der Waals surface area contributed by atoms with Crippen LogP contribution < -0.4 is 0 Å². The van der Waals surface area contributed by atoms with Crippen molar-refractivity contribution in [2.45, 2.75) is 26.4 Å². The Morgan fingerprint density at radius 2 is 2.00 bits per heavy atom. The van der Waals surface area contributed by atoms with Gasteiger partial charge in [0.05, 0.1) is 5.57 Å². The lowest BCUT2D eigenvalue weighted by atomic mass is 9.91. The zero-order valence-electron chi connectivity index (χ0n) is 7.07. The summed E-state index contributed by atoms with van der Waals surface area (Å²) in [5.74, 6) is 0.246. The Balaban J connectivity index is 2.85. The van der Waals surface area contributed by atoms with Crippen LogP contribution >= 0.6 is 0 Å². The summed E-state index contributed by atoms with van der Waals surface area (Å²) in [6.45, 7) is 3.67. The van der Waals surface area contributed by atoms with Crippen LogP contribution in [-0.4, -0.2) is 6.18 Å². The van der Waals surface area contributed by atoms with E-state index in [4.69, 9.17) is 0 Å².